The van der Waals surface area contributed by atoms with Gasteiger partial charge in [0.25, 0.3) is 0 Å². The highest BCUT2D eigenvalue weighted by Crippen LogP contribution is 2.25. The summed E-state index contributed by atoms with van der Waals surface area (Å²) in [6.07, 6.45) is 0. The minimum atomic E-state index is -0.686. The van der Waals surface area contributed by atoms with Crippen LogP contribution < -0.4 is 10.1 Å². The second kappa shape index (κ2) is 7.84. The van der Waals surface area contributed by atoms with Crippen molar-refractivity contribution in [3.8, 4) is 5.75 Å². The molecular weight excluding hydrogens is 302 g/mol. The minimum Gasteiger partial charge on any atom is -0.496 e. The van der Waals surface area contributed by atoms with Crippen molar-refractivity contribution in [3.63, 3.8) is 0 Å². The maximum Gasteiger partial charge on any atom is 0.133 e. The van der Waals surface area contributed by atoms with Crippen molar-refractivity contribution < 1.29 is 8.95 Å². The zero-order valence-electron chi connectivity index (χ0n) is 10.2. The molecule has 0 heterocycles. The van der Waals surface area contributed by atoms with Gasteiger partial charge in [-0.1, -0.05) is 13.0 Å². The van der Waals surface area contributed by atoms with Crippen molar-refractivity contribution in [1.82, 2.24) is 5.32 Å². The Labute approximate surface area is 114 Å². The Morgan fingerprint density at radius 3 is 2.82 bits per heavy atom. The molecule has 0 aliphatic carbocycles. The van der Waals surface area contributed by atoms with Gasteiger partial charge >= 0.3 is 0 Å². The molecule has 0 saturated heterocycles. The number of halogens is 1. The van der Waals surface area contributed by atoms with Gasteiger partial charge in [0.1, 0.15) is 5.75 Å². The Bertz CT molecular complexity index is 385. The molecule has 0 aromatic heterocycles. The topological polar surface area (TPSA) is 38.3 Å². The maximum atomic E-state index is 11.2. The smallest absolute Gasteiger partial charge is 0.133 e. The van der Waals surface area contributed by atoms with Crippen LogP contribution in [0.15, 0.2) is 22.7 Å². The molecule has 0 spiro atoms. The Morgan fingerprint density at radius 1 is 1.47 bits per heavy atom. The first kappa shape index (κ1) is 14.7. The fourth-order valence-electron chi connectivity index (χ4n) is 1.38. The van der Waals surface area contributed by atoms with E-state index in [0.717, 1.165) is 29.1 Å². The van der Waals surface area contributed by atoms with Gasteiger partial charge in [-0.25, -0.2) is 0 Å². The fourth-order valence-corrected chi connectivity index (χ4v) is 2.63. The summed E-state index contributed by atoms with van der Waals surface area (Å²) >= 11 is 3.45. The van der Waals surface area contributed by atoms with E-state index < -0.39 is 10.8 Å². The van der Waals surface area contributed by atoms with Gasteiger partial charge < -0.3 is 10.1 Å². The molecule has 0 fully saturated rings. The predicted molar refractivity (Wildman–Crippen MR) is 76.0 cm³/mol. The third-order valence-electron chi connectivity index (χ3n) is 2.37. The number of benzene rings is 1. The third kappa shape index (κ3) is 5.19. The lowest BCUT2D eigenvalue weighted by atomic mass is 10.2. The molecule has 0 bridgehead atoms. The summed E-state index contributed by atoms with van der Waals surface area (Å²) in [5.74, 6) is 2.28. The van der Waals surface area contributed by atoms with Crippen LogP contribution in [0.5, 0.6) is 5.75 Å². The van der Waals surface area contributed by atoms with E-state index in [2.05, 4.69) is 21.2 Å². The third-order valence-corrected chi connectivity index (χ3v) is 4.30. The molecular formula is C12H18BrNO2S. The Kier molecular flexibility index (Phi) is 6.77. The monoisotopic (exact) mass is 319 g/mol. The maximum absolute atomic E-state index is 11.2. The lowest BCUT2D eigenvalue weighted by molar-refractivity contribution is 0.412. The summed E-state index contributed by atoms with van der Waals surface area (Å²) in [4.78, 5) is 0. The number of hydrogen-bond acceptors (Lipinski definition) is 3. The van der Waals surface area contributed by atoms with E-state index in [1.54, 1.807) is 7.11 Å². The number of methoxy groups -OCH3 is 1. The number of hydrogen-bond donors (Lipinski definition) is 1. The van der Waals surface area contributed by atoms with Crippen molar-refractivity contribution in [2.24, 2.45) is 0 Å². The number of ether oxygens (including phenoxy) is 1. The van der Waals surface area contributed by atoms with Crippen LogP contribution in [0.2, 0.25) is 0 Å². The van der Waals surface area contributed by atoms with Crippen molar-refractivity contribution in [1.29, 1.82) is 0 Å². The normalized spacial score (nSPS) is 12.4. The van der Waals surface area contributed by atoms with Crippen LogP contribution >= 0.6 is 15.9 Å². The van der Waals surface area contributed by atoms with E-state index in [1.165, 1.54) is 5.56 Å². The summed E-state index contributed by atoms with van der Waals surface area (Å²) in [6.45, 7) is 3.50. The summed E-state index contributed by atoms with van der Waals surface area (Å²) in [6, 6.07) is 5.99. The van der Waals surface area contributed by atoms with Gasteiger partial charge in [-0.05, 0) is 33.6 Å². The molecule has 0 saturated carbocycles. The molecule has 1 N–H and O–H groups in total. The molecule has 1 unspecified atom stereocenters. The SMILES string of the molecule is CCS(=O)CCNCc1ccc(OC)c(Br)c1. The average molecular weight is 320 g/mol. The molecule has 0 radical (unpaired) electrons. The van der Waals surface area contributed by atoms with E-state index in [0.29, 0.717) is 5.75 Å². The van der Waals surface area contributed by atoms with Crippen LogP contribution in [0.25, 0.3) is 0 Å². The zero-order valence-corrected chi connectivity index (χ0v) is 12.6. The first-order valence-corrected chi connectivity index (χ1v) is 7.83. The summed E-state index contributed by atoms with van der Waals surface area (Å²) in [5, 5.41) is 3.28. The van der Waals surface area contributed by atoms with Crippen LogP contribution in [0.4, 0.5) is 0 Å². The first-order chi connectivity index (χ1) is 8.17. The highest BCUT2D eigenvalue weighted by Gasteiger charge is 2.01. The largest absolute Gasteiger partial charge is 0.496 e. The van der Waals surface area contributed by atoms with Crippen molar-refractivity contribution in [2.45, 2.75) is 13.5 Å². The average Bonchev–Trinajstić information content (AvgIpc) is 2.34. The lowest BCUT2D eigenvalue weighted by Gasteiger charge is -2.07. The summed E-state index contributed by atoms with van der Waals surface area (Å²) in [7, 11) is 0.965. The second-order valence-electron chi connectivity index (χ2n) is 3.58. The molecule has 1 rings (SSSR count). The van der Waals surface area contributed by atoms with Crippen LogP contribution in [0.3, 0.4) is 0 Å². The number of rotatable bonds is 7. The van der Waals surface area contributed by atoms with Gasteiger partial charge in [-0.3, -0.25) is 4.21 Å². The quantitative estimate of drug-likeness (QED) is 0.784. The molecule has 0 aliphatic heterocycles. The van der Waals surface area contributed by atoms with E-state index in [-0.39, 0.29) is 0 Å². The van der Waals surface area contributed by atoms with Gasteiger partial charge in [0, 0.05) is 35.4 Å². The van der Waals surface area contributed by atoms with E-state index >= 15 is 0 Å². The van der Waals surface area contributed by atoms with E-state index in [9.17, 15) is 4.21 Å². The van der Waals surface area contributed by atoms with Crippen molar-refractivity contribution in [2.75, 3.05) is 25.2 Å². The lowest BCUT2D eigenvalue weighted by Crippen LogP contribution is -2.20. The van der Waals surface area contributed by atoms with Crippen LogP contribution in [-0.4, -0.2) is 29.4 Å². The molecule has 1 atom stereocenters. The molecule has 0 aliphatic rings. The first-order valence-electron chi connectivity index (χ1n) is 5.55. The Morgan fingerprint density at radius 2 is 2.24 bits per heavy atom. The predicted octanol–water partition coefficient (Wildman–Crippen LogP) is 2.32. The molecule has 96 valence electrons. The van der Waals surface area contributed by atoms with E-state index in [4.69, 9.17) is 4.74 Å². The standard InChI is InChI=1S/C12H18BrNO2S/c1-3-17(15)7-6-14-9-10-4-5-12(16-2)11(13)8-10/h4-5,8,14H,3,6-7,9H2,1-2H3. The van der Waals surface area contributed by atoms with Gasteiger partial charge in [0.05, 0.1) is 11.6 Å². The number of nitrogens with one attached hydrogen (secondary N) is 1. The summed E-state index contributed by atoms with van der Waals surface area (Å²) in [5.41, 5.74) is 1.18. The minimum absolute atomic E-state index is 0.686. The highest BCUT2D eigenvalue weighted by atomic mass is 79.9. The van der Waals surface area contributed by atoms with Gasteiger partial charge in [0.2, 0.25) is 0 Å². The van der Waals surface area contributed by atoms with Crippen LogP contribution in [-0.2, 0) is 17.3 Å². The second-order valence-corrected chi connectivity index (χ2v) is 6.30. The zero-order chi connectivity index (χ0) is 12.7. The van der Waals surface area contributed by atoms with Crippen molar-refractivity contribution >= 4 is 26.7 Å². The summed E-state index contributed by atoms with van der Waals surface area (Å²) < 4.78 is 17.3. The van der Waals surface area contributed by atoms with Crippen LogP contribution in [0.1, 0.15) is 12.5 Å². The molecule has 5 heteroatoms. The molecule has 17 heavy (non-hydrogen) atoms. The molecule has 0 amide bonds. The van der Waals surface area contributed by atoms with Gasteiger partial charge in [-0.2, -0.15) is 0 Å². The Balaban J connectivity index is 2.37. The van der Waals surface area contributed by atoms with Crippen LogP contribution in [0, 0.1) is 0 Å². The van der Waals surface area contributed by atoms with E-state index in [1.807, 2.05) is 25.1 Å². The van der Waals surface area contributed by atoms with Gasteiger partial charge in [0.15, 0.2) is 0 Å². The fraction of sp³-hybridized carbons (Fsp3) is 0.500. The molecule has 1 aromatic rings. The molecule has 3 nitrogen and oxygen atoms in total. The van der Waals surface area contributed by atoms with Gasteiger partial charge in [-0.15, -0.1) is 0 Å². The highest BCUT2D eigenvalue weighted by molar-refractivity contribution is 9.10. The molecule has 1 aromatic carbocycles. The van der Waals surface area contributed by atoms with Crippen molar-refractivity contribution in [3.05, 3.63) is 28.2 Å². The Hall–Kier alpha value is -0.390.